The van der Waals surface area contributed by atoms with Crippen molar-refractivity contribution in [2.45, 2.75) is 38.5 Å². The quantitative estimate of drug-likeness (QED) is 0.255. The summed E-state index contributed by atoms with van der Waals surface area (Å²) in [6.07, 6.45) is 4.71. The molecule has 1 aliphatic rings. The number of para-hydroxylation sites is 1. The number of nitrogen functional groups attached to an aromatic ring is 1. The molecule has 3 aromatic heterocycles. The van der Waals surface area contributed by atoms with Gasteiger partial charge in [0.15, 0.2) is 5.82 Å². The zero-order chi connectivity index (χ0) is 26.5. The number of carbonyl (C=O) groups is 1. The number of amides is 1. The molecule has 0 bridgehead atoms. The molecule has 38 heavy (non-hydrogen) atoms. The number of nitrogens with two attached hydrogens (primary N) is 1. The molecule has 3 heterocycles. The van der Waals surface area contributed by atoms with Crippen molar-refractivity contribution in [3.63, 3.8) is 0 Å². The Hall–Kier alpha value is -3.70. The number of ether oxygens (including phenoxy) is 3. The molecule has 1 fully saturated rings. The van der Waals surface area contributed by atoms with Gasteiger partial charge >= 0.3 is 0 Å². The van der Waals surface area contributed by atoms with Crippen molar-refractivity contribution in [2.24, 2.45) is 5.92 Å². The maximum Gasteiger partial charge on any atom is 0.223 e. The molecule has 5 rings (SSSR count). The van der Waals surface area contributed by atoms with Gasteiger partial charge < -0.3 is 30.2 Å². The van der Waals surface area contributed by atoms with Crippen LogP contribution in [0.1, 0.15) is 44.3 Å². The molecular weight excluding hydrogens is 486 g/mol. The Labute approximate surface area is 221 Å². The maximum absolute atomic E-state index is 12.7. The Bertz CT molecular complexity index is 1390. The summed E-state index contributed by atoms with van der Waals surface area (Å²) in [5.74, 6) is 2.21. The van der Waals surface area contributed by atoms with Crippen LogP contribution in [0.2, 0.25) is 0 Å². The smallest absolute Gasteiger partial charge is 0.223 e. The average Bonchev–Trinajstić information content (AvgIpc) is 3.55. The van der Waals surface area contributed by atoms with E-state index in [9.17, 15) is 4.79 Å². The van der Waals surface area contributed by atoms with Crippen molar-refractivity contribution in [1.29, 1.82) is 0 Å². The van der Waals surface area contributed by atoms with Crippen molar-refractivity contribution < 1.29 is 19.0 Å². The van der Waals surface area contributed by atoms with Gasteiger partial charge in [0.1, 0.15) is 29.1 Å². The molecule has 1 aromatic carbocycles. The highest BCUT2D eigenvalue weighted by Gasteiger charge is 2.31. The fourth-order valence-corrected chi connectivity index (χ4v) is 5.22. The third kappa shape index (κ3) is 5.30. The molecule has 0 saturated heterocycles. The van der Waals surface area contributed by atoms with E-state index in [0.717, 1.165) is 53.9 Å². The number of carbonyl (C=O) groups excluding carboxylic acids is 1. The van der Waals surface area contributed by atoms with Gasteiger partial charge in [-0.05, 0) is 44.7 Å². The standard InChI is InChI=1S/C27H35N7O4/c1-3-37-13-14-38-12-11-29-27(35)18-9-7-17(8-10-18)26-33-23(24-25(28)30-16-31-34(24)26)20-15-19-5-4-6-21(36-2)22(19)32-20/h4-6,15-18,32H,3,7-14H2,1-2H3,(H,29,35)(H2,28,30,31). The van der Waals surface area contributed by atoms with Gasteiger partial charge in [0.05, 0.1) is 38.1 Å². The Morgan fingerprint density at radius 3 is 2.79 bits per heavy atom. The molecule has 1 aliphatic carbocycles. The first kappa shape index (κ1) is 25.9. The summed E-state index contributed by atoms with van der Waals surface area (Å²) in [5.41, 5.74) is 9.43. The van der Waals surface area contributed by atoms with Gasteiger partial charge in [0, 0.05) is 30.4 Å². The van der Waals surface area contributed by atoms with Crippen LogP contribution in [-0.2, 0) is 14.3 Å². The molecule has 202 valence electrons. The first-order chi connectivity index (χ1) is 18.6. The van der Waals surface area contributed by atoms with Crippen molar-refractivity contribution >= 4 is 28.1 Å². The number of aromatic amines is 1. The number of nitrogens with one attached hydrogen (secondary N) is 2. The number of imidazole rings is 1. The van der Waals surface area contributed by atoms with E-state index in [2.05, 4.69) is 20.4 Å². The van der Waals surface area contributed by atoms with E-state index in [1.807, 2.05) is 35.7 Å². The summed E-state index contributed by atoms with van der Waals surface area (Å²) in [7, 11) is 1.65. The number of rotatable bonds is 11. The molecule has 0 unspecified atom stereocenters. The molecule has 1 amide bonds. The first-order valence-electron chi connectivity index (χ1n) is 13.2. The number of fused-ring (bicyclic) bond motifs is 2. The number of aromatic nitrogens is 5. The minimum absolute atomic E-state index is 0.0127. The molecule has 4 N–H and O–H groups in total. The van der Waals surface area contributed by atoms with Crippen LogP contribution in [0.3, 0.4) is 0 Å². The van der Waals surface area contributed by atoms with E-state index in [1.165, 1.54) is 6.33 Å². The predicted octanol–water partition coefficient (Wildman–Crippen LogP) is 3.31. The Morgan fingerprint density at radius 1 is 1.18 bits per heavy atom. The normalized spacial score (nSPS) is 17.7. The van der Waals surface area contributed by atoms with Crippen molar-refractivity contribution in [3.05, 3.63) is 36.4 Å². The van der Waals surface area contributed by atoms with E-state index in [-0.39, 0.29) is 17.7 Å². The number of nitrogens with zero attached hydrogens (tertiary/aromatic N) is 4. The van der Waals surface area contributed by atoms with Crippen molar-refractivity contribution in [1.82, 2.24) is 29.9 Å². The molecule has 0 radical (unpaired) electrons. The Balaban J connectivity index is 1.29. The van der Waals surface area contributed by atoms with Crippen molar-refractivity contribution in [3.8, 4) is 17.1 Å². The molecule has 11 nitrogen and oxygen atoms in total. The third-order valence-electron chi connectivity index (χ3n) is 7.16. The minimum Gasteiger partial charge on any atom is -0.495 e. The number of hydrogen-bond acceptors (Lipinski definition) is 8. The van der Waals surface area contributed by atoms with E-state index in [4.69, 9.17) is 24.9 Å². The summed E-state index contributed by atoms with van der Waals surface area (Å²) < 4.78 is 18.1. The second kappa shape index (κ2) is 11.8. The highest BCUT2D eigenvalue weighted by Crippen LogP contribution is 2.39. The average molecular weight is 522 g/mol. The SMILES string of the molecule is CCOCCOCCNC(=O)C1CCC(c2nc(-c3cc4cccc(OC)c4[nH]3)c3c(N)ncnn23)CC1. The number of anilines is 1. The number of H-pyrrole nitrogens is 1. The lowest BCUT2D eigenvalue weighted by molar-refractivity contribution is -0.126. The second-order valence-corrected chi connectivity index (χ2v) is 9.48. The van der Waals surface area contributed by atoms with Crippen LogP contribution in [0.25, 0.3) is 27.8 Å². The molecular formula is C27H35N7O4. The van der Waals surface area contributed by atoms with E-state index >= 15 is 0 Å². The topological polar surface area (TPSA) is 142 Å². The van der Waals surface area contributed by atoms with Gasteiger partial charge in [-0.15, -0.1) is 0 Å². The second-order valence-electron chi connectivity index (χ2n) is 9.48. The number of hydrogen-bond donors (Lipinski definition) is 3. The summed E-state index contributed by atoms with van der Waals surface area (Å²) in [5, 5.41) is 8.53. The lowest BCUT2D eigenvalue weighted by Crippen LogP contribution is -2.35. The Kier molecular flexibility index (Phi) is 8.04. The minimum atomic E-state index is -0.0127. The van der Waals surface area contributed by atoms with Gasteiger partial charge in [-0.25, -0.2) is 14.5 Å². The molecule has 11 heteroatoms. The van der Waals surface area contributed by atoms with E-state index in [1.54, 1.807) is 7.11 Å². The number of benzene rings is 1. The van der Waals surface area contributed by atoms with Crippen LogP contribution in [0.15, 0.2) is 30.6 Å². The van der Waals surface area contributed by atoms with Crippen LogP contribution in [0, 0.1) is 5.92 Å². The van der Waals surface area contributed by atoms with Crippen molar-refractivity contribution in [2.75, 3.05) is 45.8 Å². The predicted molar refractivity (Wildman–Crippen MR) is 144 cm³/mol. The fourth-order valence-electron chi connectivity index (χ4n) is 5.22. The molecule has 4 aromatic rings. The van der Waals surface area contributed by atoms with Crippen LogP contribution >= 0.6 is 0 Å². The molecule has 0 atom stereocenters. The summed E-state index contributed by atoms with van der Waals surface area (Å²) in [6.45, 7) is 4.73. The molecule has 0 spiro atoms. The number of methoxy groups -OCH3 is 1. The van der Waals surface area contributed by atoms with Gasteiger partial charge in [0.2, 0.25) is 5.91 Å². The van der Waals surface area contributed by atoms with E-state index in [0.29, 0.717) is 50.0 Å². The largest absolute Gasteiger partial charge is 0.495 e. The molecule has 0 aliphatic heterocycles. The van der Waals surface area contributed by atoms with Crippen LogP contribution in [-0.4, -0.2) is 70.6 Å². The monoisotopic (exact) mass is 521 g/mol. The summed E-state index contributed by atoms with van der Waals surface area (Å²) in [4.78, 5) is 25.4. The van der Waals surface area contributed by atoms with Crippen LogP contribution in [0.5, 0.6) is 5.75 Å². The van der Waals surface area contributed by atoms with E-state index < -0.39 is 0 Å². The molecule has 1 saturated carbocycles. The fraction of sp³-hybridized carbons (Fsp3) is 0.481. The summed E-state index contributed by atoms with van der Waals surface area (Å²) >= 11 is 0. The zero-order valence-corrected chi connectivity index (χ0v) is 21.9. The lowest BCUT2D eigenvalue weighted by Gasteiger charge is -2.26. The first-order valence-corrected chi connectivity index (χ1v) is 13.2. The van der Waals surface area contributed by atoms with Crippen LogP contribution in [0.4, 0.5) is 5.82 Å². The van der Waals surface area contributed by atoms with Gasteiger partial charge in [-0.1, -0.05) is 12.1 Å². The highest BCUT2D eigenvalue weighted by molar-refractivity contribution is 5.93. The van der Waals surface area contributed by atoms with Crippen LogP contribution < -0.4 is 15.8 Å². The highest BCUT2D eigenvalue weighted by atomic mass is 16.5. The van der Waals surface area contributed by atoms with Gasteiger partial charge in [0.25, 0.3) is 0 Å². The van der Waals surface area contributed by atoms with Gasteiger partial charge in [-0.3, -0.25) is 4.79 Å². The Morgan fingerprint density at radius 2 is 2.00 bits per heavy atom. The zero-order valence-electron chi connectivity index (χ0n) is 21.9. The maximum atomic E-state index is 12.7. The third-order valence-corrected chi connectivity index (χ3v) is 7.16. The summed E-state index contributed by atoms with van der Waals surface area (Å²) in [6, 6.07) is 7.94. The van der Waals surface area contributed by atoms with Gasteiger partial charge in [-0.2, -0.15) is 5.10 Å². The lowest BCUT2D eigenvalue weighted by atomic mass is 9.81.